The highest BCUT2D eigenvalue weighted by molar-refractivity contribution is 6.14. The van der Waals surface area contributed by atoms with E-state index in [1.54, 1.807) is 24.3 Å². The number of benzene rings is 1. The average Bonchev–Trinajstić information content (AvgIpc) is 2.97. The lowest BCUT2D eigenvalue weighted by Crippen LogP contribution is -2.50. The van der Waals surface area contributed by atoms with Crippen LogP contribution in [-0.4, -0.2) is 42.9 Å². The van der Waals surface area contributed by atoms with Crippen LogP contribution in [0.3, 0.4) is 0 Å². The molecule has 0 saturated carbocycles. The Labute approximate surface area is 143 Å². The first-order valence-corrected chi connectivity index (χ1v) is 7.28. The number of rotatable bonds is 5. The van der Waals surface area contributed by atoms with Gasteiger partial charge < -0.3 is 19.2 Å². The summed E-state index contributed by atoms with van der Waals surface area (Å²) in [5, 5.41) is 0.467. The van der Waals surface area contributed by atoms with Gasteiger partial charge in [0.05, 0.1) is 25.5 Å². The molecule has 0 aliphatic carbocycles. The summed E-state index contributed by atoms with van der Waals surface area (Å²) in [4.78, 5) is 51.7. The van der Waals surface area contributed by atoms with Gasteiger partial charge in [0.2, 0.25) is 0 Å². The van der Waals surface area contributed by atoms with Gasteiger partial charge in [-0.25, -0.2) is 9.59 Å². The Morgan fingerprint density at radius 3 is 2.00 bits per heavy atom. The third-order valence-corrected chi connectivity index (χ3v) is 3.65. The van der Waals surface area contributed by atoms with Gasteiger partial charge in [-0.05, 0) is 13.0 Å². The van der Waals surface area contributed by atoms with Crippen molar-refractivity contribution in [2.45, 2.75) is 19.4 Å². The molecule has 8 nitrogen and oxygen atoms in total. The van der Waals surface area contributed by atoms with E-state index in [0.29, 0.717) is 10.9 Å². The zero-order valence-corrected chi connectivity index (χ0v) is 14.2. The molecular weight excluding hydrogens is 330 g/mol. The zero-order chi connectivity index (χ0) is 18.8. The number of carbonyl (C=O) groups is 4. The van der Waals surface area contributed by atoms with Gasteiger partial charge in [0.25, 0.3) is 0 Å². The summed E-state index contributed by atoms with van der Waals surface area (Å²) in [7, 11) is 2.05. The fourth-order valence-electron chi connectivity index (χ4n) is 2.70. The zero-order valence-electron chi connectivity index (χ0n) is 14.2. The van der Waals surface area contributed by atoms with Gasteiger partial charge in [-0.3, -0.25) is 9.59 Å². The molecule has 1 heterocycles. The van der Waals surface area contributed by atoms with Crippen molar-refractivity contribution in [2.24, 2.45) is 0 Å². The SMILES string of the molecule is COC(=O)C(OC(C)=O)(C(=O)OC)c1[nH]c2ccccc2c1C(C)=O. The predicted octanol–water partition coefficient (Wildman–Crippen LogP) is 1.47. The fourth-order valence-corrected chi connectivity index (χ4v) is 2.70. The second-order valence-corrected chi connectivity index (χ2v) is 5.23. The van der Waals surface area contributed by atoms with Gasteiger partial charge >= 0.3 is 23.5 Å². The van der Waals surface area contributed by atoms with E-state index in [-0.39, 0.29) is 11.3 Å². The predicted molar refractivity (Wildman–Crippen MR) is 85.8 cm³/mol. The molecule has 0 aliphatic heterocycles. The van der Waals surface area contributed by atoms with E-state index >= 15 is 0 Å². The Morgan fingerprint density at radius 2 is 1.52 bits per heavy atom. The van der Waals surface area contributed by atoms with Gasteiger partial charge in [0, 0.05) is 17.8 Å². The van der Waals surface area contributed by atoms with Crippen molar-refractivity contribution in [3.8, 4) is 0 Å². The highest BCUT2D eigenvalue weighted by Gasteiger charge is 2.57. The standard InChI is InChI=1S/C17H17NO7/c1-9(19)13-11-7-5-6-8-12(11)18-14(13)17(15(21)23-3,16(22)24-4)25-10(2)20/h5-8,18H,1-4H3. The minimum atomic E-state index is -2.57. The minimum absolute atomic E-state index is 0.0349. The number of H-pyrrole nitrogens is 1. The maximum absolute atomic E-state index is 12.5. The molecule has 8 heteroatoms. The number of aromatic nitrogens is 1. The minimum Gasteiger partial charge on any atom is -0.465 e. The number of hydrogen-bond donors (Lipinski definition) is 1. The van der Waals surface area contributed by atoms with Crippen LogP contribution in [0.1, 0.15) is 29.9 Å². The van der Waals surface area contributed by atoms with Crippen LogP contribution in [0.25, 0.3) is 10.9 Å². The molecule has 0 bridgehead atoms. The van der Waals surface area contributed by atoms with Gasteiger partial charge in [-0.1, -0.05) is 18.2 Å². The van der Waals surface area contributed by atoms with E-state index in [9.17, 15) is 19.2 Å². The van der Waals surface area contributed by atoms with Gasteiger partial charge in [0.1, 0.15) is 0 Å². The quantitative estimate of drug-likeness (QED) is 0.377. The third-order valence-electron chi connectivity index (χ3n) is 3.65. The van der Waals surface area contributed by atoms with Crippen molar-refractivity contribution in [1.29, 1.82) is 0 Å². The van der Waals surface area contributed by atoms with Crippen LogP contribution in [0.4, 0.5) is 0 Å². The topological polar surface area (TPSA) is 112 Å². The molecule has 0 spiro atoms. The second kappa shape index (κ2) is 6.76. The first kappa shape index (κ1) is 18.2. The van der Waals surface area contributed by atoms with Gasteiger partial charge in [-0.15, -0.1) is 0 Å². The van der Waals surface area contributed by atoms with E-state index in [1.807, 2.05) is 0 Å². The van der Waals surface area contributed by atoms with Crippen LogP contribution in [0.5, 0.6) is 0 Å². The van der Waals surface area contributed by atoms with Crippen molar-refractivity contribution >= 4 is 34.6 Å². The number of Topliss-reactive ketones (excluding diaryl/α,β-unsaturated/α-hetero) is 1. The molecule has 1 aromatic heterocycles. The average molecular weight is 347 g/mol. The molecule has 0 fully saturated rings. The smallest absolute Gasteiger partial charge is 0.368 e. The summed E-state index contributed by atoms with van der Waals surface area (Å²) in [6, 6.07) is 6.68. The molecular formula is C17H17NO7. The number of carbonyl (C=O) groups excluding carboxylic acids is 4. The lowest BCUT2D eigenvalue weighted by atomic mass is 9.93. The van der Waals surface area contributed by atoms with E-state index in [2.05, 4.69) is 14.5 Å². The first-order chi connectivity index (χ1) is 11.8. The summed E-state index contributed by atoms with van der Waals surface area (Å²) in [6.45, 7) is 2.29. The monoisotopic (exact) mass is 347 g/mol. The number of esters is 3. The Balaban J connectivity index is 2.95. The first-order valence-electron chi connectivity index (χ1n) is 7.28. The number of hydrogen-bond acceptors (Lipinski definition) is 7. The lowest BCUT2D eigenvalue weighted by Gasteiger charge is -2.27. The van der Waals surface area contributed by atoms with Crippen LogP contribution < -0.4 is 0 Å². The lowest BCUT2D eigenvalue weighted by molar-refractivity contribution is -0.195. The molecule has 0 atom stereocenters. The number of fused-ring (bicyclic) bond motifs is 1. The number of methoxy groups -OCH3 is 2. The summed E-state index contributed by atoms with van der Waals surface area (Å²) in [5.74, 6) is -3.74. The molecule has 0 unspecified atom stereocenters. The highest BCUT2D eigenvalue weighted by atomic mass is 16.6. The van der Waals surface area contributed by atoms with Crippen molar-refractivity contribution < 1.29 is 33.4 Å². The van der Waals surface area contributed by atoms with Crippen molar-refractivity contribution in [3.63, 3.8) is 0 Å². The van der Waals surface area contributed by atoms with E-state index in [1.165, 1.54) is 6.92 Å². The van der Waals surface area contributed by atoms with E-state index in [4.69, 9.17) is 4.74 Å². The van der Waals surface area contributed by atoms with E-state index in [0.717, 1.165) is 21.1 Å². The molecule has 25 heavy (non-hydrogen) atoms. The normalized spacial score (nSPS) is 11.0. The molecule has 0 aliphatic rings. The summed E-state index contributed by atoms with van der Waals surface area (Å²) in [5.41, 5.74) is -2.27. The molecule has 0 radical (unpaired) electrons. The molecule has 132 valence electrons. The van der Waals surface area contributed by atoms with Crippen LogP contribution in [0.15, 0.2) is 24.3 Å². The van der Waals surface area contributed by atoms with E-state index < -0.39 is 29.3 Å². The molecule has 0 amide bonds. The van der Waals surface area contributed by atoms with Crippen LogP contribution in [0, 0.1) is 0 Å². The van der Waals surface area contributed by atoms with Gasteiger partial charge in [0.15, 0.2) is 5.78 Å². The number of nitrogens with one attached hydrogen (secondary N) is 1. The molecule has 1 N–H and O–H groups in total. The number of para-hydroxylation sites is 1. The van der Waals surface area contributed by atoms with Crippen LogP contribution in [0.2, 0.25) is 0 Å². The molecule has 1 aromatic carbocycles. The molecule has 0 saturated heterocycles. The number of ether oxygens (including phenoxy) is 3. The van der Waals surface area contributed by atoms with Gasteiger partial charge in [-0.2, -0.15) is 0 Å². The maximum atomic E-state index is 12.5. The fraction of sp³-hybridized carbons (Fsp3) is 0.294. The van der Waals surface area contributed by atoms with Crippen molar-refractivity contribution in [3.05, 3.63) is 35.5 Å². The Hall–Kier alpha value is -3.16. The second-order valence-electron chi connectivity index (χ2n) is 5.23. The Morgan fingerprint density at radius 1 is 0.960 bits per heavy atom. The van der Waals surface area contributed by atoms with Crippen molar-refractivity contribution in [2.75, 3.05) is 14.2 Å². The Bertz CT molecular complexity index is 849. The largest absolute Gasteiger partial charge is 0.465 e. The van der Waals surface area contributed by atoms with Crippen LogP contribution >= 0.6 is 0 Å². The molecule has 2 rings (SSSR count). The summed E-state index contributed by atoms with van der Waals surface area (Å²) >= 11 is 0. The highest BCUT2D eigenvalue weighted by Crippen LogP contribution is 2.35. The number of ketones is 1. The summed E-state index contributed by atoms with van der Waals surface area (Å²) in [6.07, 6.45) is 0. The third kappa shape index (κ3) is 2.86. The number of aromatic amines is 1. The van der Waals surface area contributed by atoms with Crippen LogP contribution in [-0.2, 0) is 34.2 Å². The molecule has 2 aromatic rings. The Kier molecular flexibility index (Phi) is 4.92. The summed E-state index contributed by atoms with van der Waals surface area (Å²) < 4.78 is 14.4. The maximum Gasteiger partial charge on any atom is 0.368 e. The van der Waals surface area contributed by atoms with Crippen molar-refractivity contribution in [1.82, 2.24) is 4.98 Å².